The van der Waals surface area contributed by atoms with Gasteiger partial charge >= 0.3 is 0 Å². The first-order chi connectivity index (χ1) is 10.7. The summed E-state index contributed by atoms with van der Waals surface area (Å²) < 4.78 is 0. The molecular weight excluding hydrogens is 276 g/mol. The number of aldehydes is 1. The van der Waals surface area contributed by atoms with Crippen molar-refractivity contribution >= 4 is 12.1 Å². The van der Waals surface area contributed by atoms with Crippen LogP contribution in [0.5, 0.6) is 0 Å². The van der Waals surface area contributed by atoms with Gasteiger partial charge in [0.15, 0.2) is 0 Å². The highest BCUT2D eigenvalue weighted by Gasteiger charge is 2.20. The molecule has 3 rings (SSSR count). The summed E-state index contributed by atoms with van der Waals surface area (Å²) in [5.41, 5.74) is 3.00. The maximum absolute atomic E-state index is 10.9. The number of anilines is 1. The number of aliphatic hydroxyl groups is 1. The predicted octanol–water partition coefficient (Wildman–Crippen LogP) is 3.69. The predicted molar refractivity (Wildman–Crippen MR) is 86.2 cm³/mol. The average molecular weight is 292 g/mol. The lowest BCUT2D eigenvalue weighted by atomic mass is 10.0. The average Bonchev–Trinajstić information content (AvgIpc) is 2.57. The van der Waals surface area contributed by atoms with Crippen LogP contribution in [0.15, 0.2) is 72.4 Å². The normalized spacial score (nSPS) is 17.7. The molecule has 0 fully saturated rings. The van der Waals surface area contributed by atoms with E-state index in [2.05, 4.69) is 4.98 Å². The SMILES string of the molecule is CC1=CC(C=O)C(O)=CN1c1cc(-c2ccccc2)ccn1. The molecule has 2 heterocycles. The van der Waals surface area contributed by atoms with Crippen molar-refractivity contribution in [1.29, 1.82) is 0 Å². The lowest BCUT2D eigenvalue weighted by molar-refractivity contribution is -0.109. The van der Waals surface area contributed by atoms with Crippen LogP contribution in [0.25, 0.3) is 11.1 Å². The van der Waals surface area contributed by atoms with Gasteiger partial charge in [-0.15, -0.1) is 0 Å². The molecule has 0 bridgehead atoms. The number of carbonyl (C=O) groups is 1. The van der Waals surface area contributed by atoms with Crippen molar-refractivity contribution in [3.05, 3.63) is 72.4 Å². The highest BCUT2D eigenvalue weighted by molar-refractivity contribution is 5.70. The smallest absolute Gasteiger partial charge is 0.137 e. The van der Waals surface area contributed by atoms with Gasteiger partial charge in [0.05, 0.1) is 5.92 Å². The highest BCUT2D eigenvalue weighted by Crippen LogP contribution is 2.28. The second-order valence-corrected chi connectivity index (χ2v) is 5.16. The van der Waals surface area contributed by atoms with Gasteiger partial charge in [-0.1, -0.05) is 30.3 Å². The van der Waals surface area contributed by atoms with Crippen LogP contribution in [0.2, 0.25) is 0 Å². The molecular formula is C18H16N2O2. The zero-order valence-corrected chi connectivity index (χ0v) is 12.2. The van der Waals surface area contributed by atoms with Gasteiger partial charge in [0.25, 0.3) is 0 Å². The zero-order valence-electron chi connectivity index (χ0n) is 12.2. The molecule has 1 aromatic carbocycles. The van der Waals surface area contributed by atoms with Gasteiger partial charge in [-0.25, -0.2) is 4.98 Å². The van der Waals surface area contributed by atoms with Crippen LogP contribution in [0.3, 0.4) is 0 Å². The summed E-state index contributed by atoms with van der Waals surface area (Å²) in [5.74, 6) is 0.145. The number of hydrogen-bond donors (Lipinski definition) is 1. The number of hydrogen-bond acceptors (Lipinski definition) is 4. The lowest BCUT2D eigenvalue weighted by Gasteiger charge is -2.26. The molecule has 0 radical (unpaired) electrons. The van der Waals surface area contributed by atoms with Crippen LogP contribution in [0.1, 0.15) is 6.92 Å². The molecule has 1 aliphatic rings. The van der Waals surface area contributed by atoms with Gasteiger partial charge in [-0.3, -0.25) is 0 Å². The molecule has 1 unspecified atom stereocenters. The van der Waals surface area contributed by atoms with Crippen molar-refractivity contribution in [3.8, 4) is 11.1 Å². The standard InChI is InChI=1S/C18H16N2O2/c1-13-9-16(12-21)17(22)11-20(13)18-10-15(7-8-19-18)14-5-3-2-4-6-14/h2-12,16,22H,1H3. The lowest BCUT2D eigenvalue weighted by Crippen LogP contribution is -2.23. The van der Waals surface area contributed by atoms with Crippen LogP contribution in [-0.4, -0.2) is 16.4 Å². The molecule has 1 atom stereocenters. The Kier molecular flexibility index (Phi) is 3.74. The van der Waals surface area contributed by atoms with E-state index in [-0.39, 0.29) is 5.76 Å². The molecule has 1 N–H and O–H groups in total. The fourth-order valence-electron chi connectivity index (χ4n) is 2.46. The number of pyridine rings is 1. The van der Waals surface area contributed by atoms with E-state index >= 15 is 0 Å². The monoisotopic (exact) mass is 292 g/mol. The zero-order chi connectivity index (χ0) is 15.5. The Bertz CT molecular complexity index is 751. The third-order valence-corrected chi connectivity index (χ3v) is 3.65. The molecule has 0 amide bonds. The molecule has 4 nitrogen and oxygen atoms in total. The van der Waals surface area contributed by atoms with E-state index in [0.717, 1.165) is 23.1 Å². The Morgan fingerprint density at radius 2 is 1.95 bits per heavy atom. The summed E-state index contributed by atoms with van der Waals surface area (Å²) in [7, 11) is 0. The minimum atomic E-state index is -0.575. The number of carbonyl (C=O) groups excluding carboxylic acids is 1. The second-order valence-electron chi connectivity index (χ2n) is 5.16. The van der Waals surface area contributed by atoms with Crippen molar-refractivity contribution < 1.29 is 9.90 Å². The van der Waals surface area contributed by atoms with Crippen LogP contribution in [0, 0.1) is 5.92 Å². The Hall–Kier alpha value is -2.88. The molecule has 4 heteroatoms. The van der Waals surface area contributed by atoms with Crippen LogP contribution in [0.4, 0.5) is 5.82 Å². The van der Waals surface area contributed by atoms with Crippen molar-refractivity contribution in [1.82, 2.24) is 4.98 Å². The van der Waals surface area contributed by atoms with E-state index in [4.69, 9.17) is 0 Å². The summed E-state index contributed by atoms with van der Waals surface area (Å²) in [5, 5.41) is 9.92. The molecule has 0 spiro atoms. The third kappa shape index (κ3) is 2.63. The number of nitrogens with zero attached hydrogens (tertiary/aromatic N) is 2. The van der Waals surface area contributed by atoms with Crippen molar-refractivity contribution in [2.75, 3.05) is 4.90 Å². The fourth-order valence-corrected chi connectivity index (χ4v) is 2.46. The molecule has 1 aliphatic heterocycles. The third-order valence-electron chi connectivity index (χ3n) is 3.65. The minimum Gasteiger partial charge on any atom is -0.510 e. The van der Waals surface area contributed by atoms with E-state index < -0.39 is 5.92 Å². The van der Waals surface area contributed by atoms with Crippen molar-refractivity contribution in [2.24, 2.45) is 5.92 Å². The van der Waals surface area contributed by atoms with E-state index in [0.29, 0.717) is 5.82 Å². The number of rotatable bonds is 3. The Labute approximate surface area is 129 Å². The number of aromatic nitrogens is 1. The maximum Gasteiger partial charge on any atom is 0.137 e. The summed E-state index contributed by atoms with van der Waals surface area (Å²) in [4.78, 5) is 17.1. The molecule has 2 aromatic rings. The summed E-state index contributed by atoms with van der Waals surface area (Å²) in [6.07, 6.45) is 5.73. The molecule has 22 heavy (non-hydrogen) atoms. The van der Waals surface area contributed by atoms with E-state index in [1.54, 1.807) is 23.4 Å². The van der Waals surface area contributed by atoms with Crippen LogP contribution in [-0.2, 0) is 4.79 Å². The van der Waals surface area contributed by atoms with Crippen LogP contribution >= 0.6 is 0 Å². The van der Waals surface area contributed by atoms with Gasteiger partial charge in [-0.05, 0) is 36.3 Å². The molecule has 0 saturated carbocycles. The molecule has 0 saturated heterocycles. The first-order valence-corrected chi connectivity index (χ1v) is 7.04. The van der Waals surface area contributed by atoms with Crippen molar-refractivity contribution in [2.45, 2.75) is 6.92 Å². The van der Waals surface area contributed by atoms with E-state index in [1.807, 2.05) is 49.4 Å². The minimum absolute atomic E-state index is 0.0208. The number of aliphatic hydroxyl groups excluding tert-OH is 1. The number of allylic oxidation sites excluding steroid dienone is 2. The van der Waals surface area contributed by atoms with Gasteiger partial charge in [0, 0.05) is 18.1 Å². The topological polar surface area (TPSA) is 53.4 Å². The second kappa shape index (κ2) is 5.85. The first kappa shape index (κ1) is 14.1. The van der Waals surface area contributed by atoms with E-state index in [1.165, 1.54) is 0 Å². The highest BCUT2D eigenvalue weighted by atomic mass is 16.3. The first-order valence-electron chi connectivity index (χ1n) is 7.04. The summed E-state index contributed by atoms with van der Waals surface area (Å²) in [6, 6.07) is 13.9. The van der Waals surface area contributed by atoms with Gasteiger partial charge < -0.3 is 14.8 Å². The van der Waals surface area contributed by atoms with Crippen molar-refractivity contribution in [3.63, 3.8) is 0 Å². The molecule has 0 aliphatic carbocycles. The van der Waals surface area contributed by atoms with Gasteiger partial charge in [0.1, 0.15) is 17.9 Å². The Morgan fingerprint density at radius 1 is 1.18 bits per heavy atom. The maximum atomic E-state index is 10.9. The molecule has 1 aromatic heterocycles. The van der Waals surface area contributed by atoms with E-state index in [9.17, 15) is 9.90 Å². The van der Waals surface area contributed by atoms with Crippen LogP contribution < -0.4 is 4.90 Å². The van der Waals surface area contributed by atoms with Gasteiger partial charge in [0.2, 0.25) is 0 Å². The quantitative estimate of drug-likeness (QED) is 0.877. The Morgan fingerprint density at radius 3 is 2.68 bits per heavy atom. The molecule has 110 valence electrons. The number of benzene rings is 1. The van der Waals surface area contributed by atoms with Gasteiger partial charge in [-0.2, -0.15) is 0 Å². The fraction of sp³-hybridized carbons (Fsp3) is 0.111. The summed E-state index contributed by atoms with van der Waals surface area (Å²) in [6.45, 7) is 1.89. The summed E-state index contributed by atoms with van der Waals surface area (Å²) >= 11 is 0. The largest absolute Gasteiger partial charge is 0.510 e. The Balaban J connectivity index is 1.98.